The van der Waals surface area contributed by atoms with Gasteiger partial charge in [-0.2, -0.15) is 0 Å². The van der Waals surface area contributed by atoms with Gasteiger partial charge in [-0.15, -0.1) is 0 Å². The van der Waals surface area contributed by atoms with Crippen molar-refractivity contribution in [3.63, 3.8) is 0 Å². The fraction of sp³-hybridized carbons (Fsp3) is 0.0909. The summed E-state index contributed by atoms with van der Waals surface area (Å²) in [6.07, 6.45) is 0. The maximum atomic E-state index is 14.3. The Bertz CT molecular complexity index is 1290. The normalized spacial score (nSPS) is 11.1. The van der Waals surface area contributed by atoms with Gasteiger partial charge in [-0.1, -0.05) is 24.3 Å². The molecule has 0 saturated carbocycles. The van der Waals surface area contributed by atoms with Gasteiger partial charge in [-0.05, 0) is 30.3 Å². The average Bonchev–Trinajstić information content (AvgIpc) is 3.00. The molecule has 3 aromatic carbocycles. The highest BCUT2D eigenvalue weighted by Crippen LogP contribution is 2.38. The number of nitrogens with two attached hydrogens (primary N) is 1. The zero-order valence-corrected chi connectivity index (χ0v) is 15.4. The lowest BCUT2D eigenvalue weighted by atomic mass is 10.1. The molecule has 0 fully saturated rings. The van der Waals surface area contributed by atoms with Gasteiger partial charge in [0, 0.05) is 23.4 Å². The summed E-state index contributed by atoms with van der Waals surface area (Å²) in [6.45, 7) is 1.28. The van der Waals surface area contributed by atoms with Crippen molar-refractivity contribution in [1.82, 2.24) is 4.57 Å². The van der Waals surface area contributed by atoms with Crippen LogP contribution in [0.4, 0.5) is 8.78 Å². The number of hydrogen-bond donors (Lipinski definition) is 1. The number of rotatable bonds is 4. The Morgan fingerprint density at radius 1 is 0.966 bits per heavy atom. The smallest absolute Gasteiger partial charge is 0.308 e. The zero-order valence-electron chi connectivity index (χ0n) is 15.4. The maximum absolute atomic E-state index is 14.3. The minimum absolute atomic E-state index is 0.00926. The van der Waals surface area contributed by atoms with Gasteiger partial charge in [-0.25, -0.2) is 8.78 Å². The molecule has 0 aliphatic heterocycles. The third-order valence-corrected chi connectivity index (χ3v) is 4.76. The highest BCUT2D eigenvalue weighted by molar-refractivity contribution is 6.20. The number of hydrogen-bond acceptors (Lipinski definition) is 3. The fourth-order valence-electron chi connectivity index (χ4n) is 3.61. The third kappa shape index (κ3) is 3.10. The summed E-state index contributed by atoms with van der Waals surface area (Å²) in [5.41, 5.74) is 7.12. The molecule has 0 aliphatic rings. The quantitative estimate of drug-likeness (QED) is 0.418. The first-order valence-corrected chi connectivity index (χ1v) is 8.83. The monoisotopic (exact) mass is 394 g/mol. The molecule has 1 heterocycles. The summed E-state index contributed by atoms with van der Waals surface area (Å²) in [5.74, 6) is -2.80. The van der Waals surface area contributed by atoms with Gasteiger partial charge in [0.05, 0.1) is 23.0 Å². The SMILES string of the molecule is CC(=O)Oc1cccc2c1c1c(C(N)=O)cccc1n2Cc1cccc(F)c1F. The molecule has 5 nitrogen and oxygen atoms in total. The number of primary amides is 1. The predicted molar refractivity (Wildman–Crippen MR) is 105 cm³/mol. The fourth-order valence-corrected chi connectivity index (χ4v) is 3.61. The number of esters is 1. The van der Waals surface area contributed by atoms with E-state index in [2.05, 4.69) is 0 Å². The number of halogens is 2. The van der Waals surface area contributed by atoms with E-state index in [9.17, 15) is 18.4 Å². The highest BCUT2D eigenvalue weighted by Gasteiger charge is 2.21. The first kappa shape index (κ1) is 18.6. The summed E-state index contributed by atoms with van der Waals surface area (Å²) >= 11 is 0. The molecule has 0 aliphatic carbocycles. The summed E-state index contributed by atoms with van der Waals surface area (Å²) < 4.78 is 35.1. The second-order valence-corrected chi connectivity index (χ2v) is 6.61. The van der Waals surface area contributed by atoms with E-state index in [0.29, 0.717) is 21.8 Å². The van der Waals surface area contributed by atoms with E-state index < -0.39 is 23.5 Å². The van der Waals surface area contributed by atoms with Crippen LogP contribution in [-0.4, -0.2) is 16.4 Å². The topological polar surface area (TPSA) is 74.3 Å². The maximum Gasteiger partial charge on any atom is 0.308 e. The van der Waals surface area contributed by atoms with E-state index in [1.807, 2.05) is 0 Å². The van der Waals surface area contributed by atoms with Crippen LogP contribution in [0, 0.1) is 11.6 Å². The number of carbonyl (C=O) groups is 2. The van der Waals surface area contributed by atoms with Crippen molar-refractivity contribution < 1.29 is 23.1 Å². The number of aromatic nitrogens is 1. The molecule has 146 valence electrons. The molecule has 0 saturated heterocycles. The van der Waals surface area contributed by atoms with Crippen LogP contribution < -0.4 is 10.5 Å². The van der Waals surface area contributed by atoms with Crippen LogP contribution in [0.1, 0.15) is 22.8 Å². The molecular formula is C22H16F2N2O3. The van der Waals surface area contributed by atoms with E-state index in [1.54, 1.807) is 41.0 Å². The molecule has 0 spiro atoms. The Morgan fingerprint density at radius 2 is 1.62 bits per heavy atom. The van der Waals surface area contributed by atoms with E-state index in [1.165, 1.54) is 19.1 Å². The molecule has 0 bridgehead atoms. The van der Waals surface area contributed by atoms with Gasteiger partial charge in [0.25, 0.3) is 0 Å². The van der Waals surface area contributed by atoms with Crippen molar-refractivity contribution in [2.24, 2.45) is 5.73 Å². The summed E-state index contributed by atoms with van der Waals surface area (Å²) in [5, 5.41) is 0.993. The molecule has 1 amide bonds. The first-order valence-electron chi connectivity index (χ1n) is 8.83. The van der Waals surface area contributed by atoms with E-state index in [4.69, 9.17) is 10.5 Å². The Balaban J connectivity index is 2.08. The third-order valence-electron chi connectivity index (χ3n) is 4.76. The second kappa shape index (κ2) is 7.01. The molecular weight excluding hydrogens is 378 g/mol. The molecule has 2 N–H and O–H groups in total. The van der Waals surface area contributed by atoms with Gasteiger partial charge in [-0.3, -0.25) is 9.59 Å². The average molecular weight is 394 g/mol. The largest absolute Gasteiger partial charge is 0.426 e. The number of carbonyl (C=O) groups excluding carboxylic acids is 2. The van der Waals surface area contributed by atoms with Crippen LogP contribution in [0.5, 0.6) is 5.75 Å². The Hall–Kier alpha value is -3.74. The van der Waals surface area contributed by atoms with Crippen molar-refractivity contribution >= 4 is 33.7 Å². The summed E-state index contributed by atoms with van der Waals surface area (Å²) in [7, 11) is 0. The van der Waals surface area contributed by atoms with Crippen molar-refractivity contribution in [3.8, 4) is 5.75 Å². The minimum atomic E-state index is -0.943. The second-order valence-electron chi connectivity index (χ2n) is 6.61. The lowest BCUT2D eigenvalue weighted by Gasteiger charge is -2.10. The number of ether oxygens (including phenoxy) is 1. The predicted octanol–water partition coefficient (Wildman–Crippen LogP) is 4.15. The Labute approximate surface area is 164 Å². The Morgan fingerprint density at radius 3 is 2.31 bits per heavy atom. The van der Waals surface area contributed by atoms with Crippen molar-refractivity contribution in [3.05, 3.63) is 77.4 Å². The molecule has 0 unspecified atom stereocenters. The standard InChI is InChI=1S/C22H16F2N2O3/c1-12(27)29-18-10-4-9-17-20(18)19-14(22(25)28)6-3-8-16(19)26(17)11-13-5-2-7-15(23)21(13)24/h2-10H,11H2,1H3,(H2,25,28). The molecule has 1 aromatic heterocycles. The molecule has 29 heavy (non-hydrogen) atoms. The lowest BCUT2D eigenvalue weighted by Crippen LogP contribution is -2.11. The van der Waals surface area contributed by atoms with Crippen molar-refractivity contribution in [1.29, 1.82) is 0 Å². The van der Waals surface area contributed by atoms with Crippen LogP contribution in [0.15, 0.2) is 54.6 Å². The van der Waals surface area contributed by atoms with Gasteiger partial charge < -0.3 is 15.0 Å². The Kier molecular flexibility index (Phi) is 4.50. The number of amides is 1. The van der Waals surface area contributed by atoms with Gasteiger partial charge in [0.2, 0.25) is 5.91 Å². The summed E-state index contributed by atoms with van der Waals surface area (Å²) in [6, 6.07) is 14.0. The van der Waals surface area contributed by atoms with Crippen LogP contribution in [0.3, 0.4) is 0 Å². The molecule has 7 heteroatoms. The van der Waals surface area contributed by atoms with Crippen LogP contribution in [0.2, 0.25) is 0 Å². The van der Waals surface area contributed by atoms with E-state index in [-0.39, 0.29) is 23.4 Å². The van der Waals surface area contributed by atoms with E-state index >= 15 is 0 Å². The molecule has 0 radical (unpaired) electrons. The number of fused-ring (bicyclic) bond motifs is 3. The molecule has 4 rings (SSSR count). The zero-order chi connectivity index (χ0) is 20.7. The van der Waals surface area contributed by atoms with Gasteiger partial charge >= 0.3 is 5.97 Å². The van der Waals surface area contributed by atoms with Gasteiger partial charge in [0.15, 0.2) is 11.6 Å². The van der Waals surface area contributed by atoms with Crippen LogP contribution in [0.25, 0.3) is 21.8 Å². The lowest BCUT2D eigenvalue weighted by molar-refractivity contribution is -0.131. The van der Waals surface area contributed by atoms with Crippen LogP contribution in [-0.2, 0) is 11.3 Å². The molecule has 0 atom stereocenters. The van der Waals surface area contributed by atoms with Gasteiger partial charge in [0.1, 0.15) is 5.75 Å². The van der Waals surface area contributed by atoms with E-state index in [0.717, 1.165) is 6.07 Å². The molecule has 4 aromatic rings. The van der Waals surface area contributed by atoms with Crippen molar-refractivity contribution in [2.45, 2.75) is 13.5 Å². The van der Waals surface area contributed by atoms with Crippen LogP contribution >= 0.6 is 0 Å². The number of nitrogens with zero attached hydrogens (tertiary/aromatic N) is 1. The number of benzene rings is 3. The first-order chi connectivity index (χ1) is 13.9. The minimum Gasteiger partial charge on any atom is -0.426 e. The van der Waals surface area contributed by atoms with Crippen molar-refractivity contribution in [2.75, 3.05) is 0 Å². The highest BCUT2D eigenvalue weighted by atomic mass is 19.2. The summed E-state index contributed by atoms with van der Waals surface area (Å²) in [4.78, 5) is 23.6.